The van der Waals surface area contributed by atoms with Crippen LogP contribution in [0, 0.1) is 6.92 Å². The highest BCUT2D eigenvalue weighted by molar-refractivity contribution is 7.18. The fourth-order valence-electron chi connectivity index (χ4n) is 2.84. The van der Waals surface area contributed by atoms with Gasteiger partial charge in [0.15, 0.2) is 10.6 Å². The molecule has 7 nitrogen and oxygen atoms in total. The quantitative estimate of drug-likeness (QED) is 0.495. The van der Waals surface area contributed by atoms with Crippen molar-refractivity contribution in [2.45, 2.75) is 19.7 Å². The van der Waals surface area contributed by atoms with Crippen LogP contribution in [-0.4, -0.2) is 20.3 Å². The summed E-state index contributed by atoms with van der Waals surface area (Å²) < 4.78 is 44.0. The van der Waals surface area contributed by atoms with Gasteiger partial charge in [-0.1, -0.05) is 17.4 Å². The molecule has 11 heteroatoms. The molecular formula is C19H13F3N4O3S. The van der Waals surface area contributed by atoms with Crippen molar-refractivity contribution in [2.75, 3.05) is 5.32 Å². The molecule has 0 saturated heterocycles. The number of hydrogen-bond donors (Lipinski definition) is 2. The number of halogens is 3. The summed E-state index contributed by atoms with van der Waals surface area (Å²) in [6.07, 6.45) is -2.98. The van der Waals surface area contributed by atoms with Crippen LogP contribution in [0.4, 0.5) is 24.0 Å². The Bertz CT molecular complexity index is 1300. The fraction of sp³-hybridized carbons (Fsp3) is 0.158. The van der Waals surface area contributed by atoms with Crippen LogP contribution in [-0.2, 0) is 12.8 Å². The predicted octanol–water partition coefficient (Wildman–Crippen LogP) is 4.27. The van der Waals surface area contributed by atoms with E-state index in [0.717, 1.165) is 23.5 Å². The second-order valence-corrected chi connectivity index (χ2v) is 7.31. The van der Waals surface area contributed by atoms with Gasteiger partial charge < -0.3 is 14.8 Å². The Hall–Kier alpha value is -3.31. The van der Waals surface area contributed by atoms with Crippen molar-refractivity contribution in [3.8, 4) is 10.6 Å². The second kappa shape index (κ2) is 7.50. The number of aromatic nitrogens is 3. The van der Waals surface area contributed by atoms with Gasteiger partial charge in [0.1, 0.15) is 0 Å². The Labute approximate surface area is 170 Å². The van der Waals surface area contributed by atoms with Gasteiger partial charge in [-0.25, -0.2) is 4.79 Å². The minimum Gasteiger partial charge on any atom is -0.420 e. The first-order valence-electron chi connectivity index (χ1n) is 8.57. The number of pyridine rings is 1. The van der Waals surface area contributed by atoms with Crippen LogP contribution in [0.25, 0.3) is 21.5 Å². The molecule has 0 aliphatic heterocycles. The molecule has 0 fully saturated rings. The lowest BCUT2D eigenvalue weighted by molar-refractivity contribution is -0.137. The van der Waals surface area contributed by atoms with Crippen molar-refractivity contribution in [3.63, 3.8) is 0 Å². The molecule has 0 bridgehead atoms. The lowest BCUT2D eigenvalue weighted by atomic mass is 10.1. The summed E-state index contributed by atoms with van der Waals surface area (Å²) in [5.41, 5.74) is 0.0847. The van der Waals surface area contributed by atoms with Crippen LogP contribution in [0.15, 0.2) is 45.7 Å². The van der Waals surface area contributed by atoms with Crippen LogP contribution in [0.5, 0.6) is 0 Å². The number of fused-ring (bicyclic) bond motifs is 1. The first-order valence-corrected chi connectivity index (χ1v) is 9.39. The molecule has 0 radical (unpaired) electrons. The summed E-state index contributed by atoms with van der Waals surface area (Å²) in [5, 5.41) is 21.1. The molecule has 4 rings (SSSR count). The van der Waals surface area contributed by atoms with E-state index in [2.05, 4.69) is 20.5 Å². The van der Waals surface area contributed by atoms with E-state index in [1.165, 1.54) is 24.4 Å². The van der Waals surface area contributed by atoms with Crippen LogP contribution in [0.3, 0.4) is 0 Å². The topological polar surface area (TPSA) is 101 Å². The van der Waals surface area contributed by atoms with Crippen LogP contribution in [0.1, 0.15) is 16.8 Å². The standard InChI is InChI=1S/C19H13F3N4O3S/c1-9-15-13(10(8-27)7-23-9)6-14(17(28)29-15)16-25-26-18(30-16)24-12-4-2-3-11(5-12)19(20,21)22/h2-7,27H,8H2,1H3,(H,24,26). The Balaban J connectivity index is 1.70. The molecule has 30 heavy (non-hydrogen) atoms. The highest BCUT2D eigenvalue weighted by Crippen LogP contribution is 2.33. The average molecular weight is 434 g/mol. The molecule has 4 aromatic rings. The molecule has 0 atom stereocenters. The van der Waals surface area contributed by atoms with Gasteiger partial charge in [-0.3, -0.25) is 4.98 Å². The van der Waals surface area contributed by atoms with E-state index < -0.39 is 17.4 Å². The van der Waals surface area contributed by atoms with Crippen LogP contribution in [0.2, 0.25) is 0 Å². The molecule has 0 aliphatic carbocycles. The number of aryl methyl sites for hydroxylation is 1. The van der Waals surface area contributed by atoms with Crippen molar-refractivity contribution < 1.29 is 22.7 Å². The highest BCUT2D eigenvalue weighted by atomic mass is 32.1. The van der Waals surface area contributed by atoms with E-state index in [9.17, 15) is 23.1 Å². The molecule has 154 valence electrons. The third-order valence-corrected chi connectivity index (χ3v) is 5.18. The van der Waals surface area contributed by atoms with E-state index >= 15 is 0 Å². The largest absolute Gasteiger partial charge is 0.420 e. The molecule has 0 unspecified atom stereocenters. The van der Waals surface area contributed by atoms with Gasteiger partial charge in [0.25, 0.3) is 0 Å². The number of anilines is 2. The number of hydrogen-bond acceptors (Lipinski definition) is 8. The van der Waals surface area contributed by atoms with Gasteiger partial charge in [-0.2, -0.15) is 13.2 Å². The normalized spacial score (nSPS) is 11.8. The number of nitrogens with one attached hydrogen (secondary N) is 1. The maximum absolute atomic E-state index is 12.9. The van der Waals surface area contributed by atoms with Gasteiger partial charge >= 0.3 is 11.8 Å². The van der Waals surface area contributed by atoms with Gasteiger partial charge in [0.2, 0.25) is 5.13 Å². The summed E-state index contributed by atoms with van der Waals surface area (Å²) in [5.74, 6) is 0. The molecule has 3 aromatic heterocycles. The monoisotopic (exact) mass is 434 g/mol. The second-order valence-electron chi connectivity index (χ2n) is 6.33. The van der Waals surface area contributed by atoms with Gasteiger partial charge in [-0.15, -0.1) is 10.2 Å². The number of alkyl halides is 3. The number of aliphatic hydroxyl groups excluding tert-OH is 1. The summed E-state index contributed by atoms with van der Waals surface area (Å²) >= 11 is 0.982. The molecule has 3 heterocycles. The Kier molecular flexibility index (Phi) is 5.00. The summed E-state index contributed by atoms with van der Waals surface area (Å²) in [4.78, 5) is 16.5. The SMILES string of the molecule is Cc1ncc(CO)c2cc(-c3nnc(Nc4cccc(C(F)(F)F)c4)s3)c(=O)oc12. The molecule has 0 amide bonds. The lowest BCUT2D eigenvalue weighted by Gasteiger charge is -2.08. The fourth-order valence-corrected chi connectivity index (χ4v) is 3.60. The molecule has 1 aromatic carbocycles. The van der Waals surface area contributed by atoms with Crippen LogP contribution < -0.4 is 10.9 Å². The van der Waals surface area contributed by atoms with Crippen molar-refractivity contribution in [3.05, 3.63) is 63.8 Å². The maximum atomic E-state index is 12.9. The third-order valence-electron chi connectivity index (χ3n) is 4.30. The van der Waals surface area contributed by atoms with E-state index in [1.54, 1.807) is 6.92 Å². The smallest absolute Gasteiger partial charge is 0.416 e. The van der Waals surface area contributed by atoms with Gasteiger partial charge in [-0.05, 0) is 31.2 Å². The predicted molar refractivity (Wildman–Crippen MR) is 105 cm³/mol. The first-order chi connectivity index (χ1) is 14.3. The van der Waals surface area contributed by atoms with Crippen molar-refractivity contribution in [1.82, 2.24) is 15.2 Å². The number of benzene rings is 1. The Morgan fingerprint density at radius 3 is 2.77 bits per heavy atom. The zero-order valence-corrected chi connectivity index (χ0v) is 16.1. The van der Waals surface area contributed by atoms with Crippen molar-refractivity contribution in [2.24, 2.45) is 0 Å². The Morgan fingerprint density at radius 1 is 1.23 bits per heavy atom. The zero-order chi connectivity index (χ0) is 21.5. The molecular weight excluding hydrogens is 421 g/mol. The zero-order valence-electron chi connectivity index (χ0n) is 15.3. The van der Waals surface area contributed by atoms with E-state index in [-0.39, 0.29) is 33.6 Å². The van der Waals surface area contributed by atoms with E-state index in [0.29, 0.717) is 16.6 Å². The van der Waals surface area contributed by atoms with Crippen LogP contribution >= 0.6 is 11.3 Å². The van der Waals surface area contributed by atoms with E-state index in [4.69, 9.17) is 4.42 Å². The highest BCUT2D eigenvalue weighted by Gasteiger charge is 2.30. The van der Waals surface area contributed by atoms with Gasteiger partial charge in [0, 0.05) is 22.8 Å². The Morgan fingerprint density at radius 2 is 2.03 bits per heavy atom. The molecule has 2 N–H and O–H groups in total. The van der Waals surface area contributed by atoms with Gasteiger partial charge in [0.05, 0.1) is 23.4 Å². The molecule has 0 saturated carbocycles. The summed E-state index contributed by atoms with van der Waals surface area (Å²) in [6.45, 7) is 1.38. The van der Waals surface area contributed by atoms with Crippen molar-refractivity contribution >= 4 is 33.1 Å². The first kappa shape index (κ1) is 20.0. The lowest BCUT2D eigenvalue weighted by Crippen LogP contribution is -2.05. The third kappa shape index (κ3) is 3.76. The van der Waals surface area contributed by atoms with E-state index in [1.807, 2.05) is 0 Å². The minimum absolute atomic E-state index is 0.123. The minimum atomic E-state index is -4.47. The van der Waals surface area contributed by atoms with Crippen molar-refractivity contribution in [1.29, 1.82) is 0 Å². The number of rotatable bonds is 4. The maximum Gasteiger partial charge on any atom is 0.416 e. The average Bonchev–Trinajstić information content (AvgIpc) is 3.16. The summed E-state index contributed by atoms with van der Waals surface area (Å²) in [7, 11) is 0. The molecule has 0 aliphatic rings. The number of nitrogens with zero attached hydrogens (tertiary/aromatic N) is 3. The summed E-state index contributed by atoms with van der Waals surface area (Å²) in [6, 6.07) is 6.19. The molecule has 0 spiro atoms. The number of aliphatic hydroxyl groups is 1.